The van der Waals surface area contributed by atoms with E-state index in [-0.39, 0.29) is 6.61 Å². The van der Waals surface area contributed by atoms with E-state index in [1.807, 2.05) is 30.3 Å². The van der Waals surface area contributed by atoms with Gasteiger partial charge in [0, 0.05) is 31.5 Å². The minimum atomic E-state index is 0.162. The summed E-state index contributed by atoms with van der Waals surface area (Å²) >= 11 is 0. The Hall–Kier alpha value is -2.18. The fraction of sp³-hybridized carbons (Fsp3) is 0.286. The summed E-state index contributed by atoms with van der Waals surface area (Å²) in [5.74, 6) is 1.44. The van der Waals surface area contributed by atoms with Crippen molar-refractivity contribution in [3.8, 4) is 0 Å². The molecule has 2 aromatic rings. The van der Waals surface area contributed by atoms with Gasteiger partial charge in [-0.3, -0.25) is 0 Å². The molecule has 0 bridgehead atoms. The second kappa shape index (κ2) is 7.42. The van der Waals surface area contributed by atoms with Gasteiger partial charge in [-0.15, -0.1) is 0 Å². The first-order valence-corrected chi connectivity index (χ1v) is 6.54. The van der Waals surface area contributed by atoms with Crippen molar-refractivity contribution in [2.45, 2.75) is 13.0 Å². The van der Waals surface area contributed by atoms with E-state index in [0.717, 1.165) is 17.1 Å². The number of nitrogens with zero attached hydrogens (tertiary/aromatic N) is 2. The third kappa shape index (κ3) is 4.18. The van der Waals surface area contributed by atoms with E-state index >= 15 is 0 Å². The van der Waals surface area contributed by atoms with Crippen molar-refractivity contribution in [1.82, 2.24) is 9.97 Å². The molecule has 0 aliphatic carbocycles. The molecule has 1 heterocycles. The van der Waals surface area contributed by atoms with Crippen LogP contribution in [-0.4, -0.2) is 28.2 Å². The zero-order valence-corrected chi connectivity index (χ0v) is 11.2. The van der Waals surface area contributed by atoms with Crippen LogP contribution in [-0.2, 0) is 6.54 Å². The third-order valence-electron chi connectivity index (χ3n) is 2.74. The zero-order valence-electron chi connectivity index (χ0n) is 11.2. The van der Waals surface area contributed by atoms with Crippen LogP contribution in [0.2, 0.25) is 0 Å². The number of benzene rings is 1. The standard InChI is InChI=1S/C14H19N5O/c15-9-11-3-1-4-12(7-11)19-14-8-13(17-10-18-14)16-5-2-6-20/h1,3-4,7-8,10,20H,2,5-6,9,15H2,(H2,16,17,18,19). The van der Waals surface area contributed by atoms with Crippen molar-refractivity contribution >= 4 is 17.3 Å². The summed E-state index contributed by atoms with van der Waals surface area (Å²) < 4.78 is 0. The van der Waals surface area contributed by atoms with Crippen LogP contribution in [0.3, 0.4) is 0 Å². The molecule has 0 spiro atoms. The monoisotopic (exact) mass is 273 g/mol. The molecule has 1 aromatic heterocycles. The lowest BCUT2D eigenvalue weighted by Gasteiger charge is -2.09. The van der Waals surface area contributed by atoms with Crippen LogP contribution in [0.1, 0.15) is 12.0 Å². The summed E-state index contributed by atoms with van der Waals surface area (Å²) in [6, 6.07) is 9.70. The number of aromatic nitrogens is 2. The Kier molecular flexibility index (Phi) is 5.28. The second-order valence-electron chi connectivity index (χ2n) is 4.32. The molecule has 0 radical (unpaired) electrons. The van der Waals surface area contributed by atoms with Crippen LogP contribution >= 0.6 is 0 Å². The average molecular weight is 273 g/mol. The van der Waals surface area contributed by atoms with Crippen LogP contribution in [0.4, 0.5) is 17.3 Å². The first-order valence-electron chi connectivity index (χ1n) is 6.54. The van der Waals surface area contributed by atoms with E-state index in [1.165, 1.54) is 6.33 Å². The number of nitrogens with one attached hydrogen (secondary N) is 2. The summed E-state index contributed by atoms with van der Waals surface area (Å²) in [5.41, 5.74) is 7.62. The number of aliphatic hydroxyl groups is 1. The number of hydrogen-bond acceptors (Lipinski definition) is 6. The number of aliphatic hydroxyl groups excluding tert-OH is 1. The summed E-state index contributed by atoms with van der Waals surface area (Å²) in [6.07, 6.45) is 2.18. The lowest BCUT2D eigenvalue weighted by Crippen LogP contribution is -2.06. The van der Waals surface area contributed by atoms with Gasteiger partial charge in [0.15, 0.2) is 0 Å². The zero-order chi connectivity index (χ0) is 14.2. The van der Waals surface area contributed by atoms with Crippen molar-refractivity contribution in [2.75, 3.05) is 23.8 Å². The SMILES string of the molecule is NCc1cccc(Nc2cc(NCCCO)ncn2)c1. The first-order chi connectivity index (χ1) is 9.81. The largest absolute Gasteiger partial charge is 0.396 e. The highest BCUT2D eigenvalue weighted by Crippen LogP contribution is 2.17. The van der Waals surface area contributed by atoms with Crippen molar-refractivity contribution in [3.63, 3.8) is 0 Å². The van der Waals surface area contributed by atoms with Crippen LogP contribution in [0.15, 0.2) is 36.7 Å². The molecule has 0 atom stereocenters. The molecule has 2 rings (SSSR count). The molecule has 20 heavy (non-hydrogen) atoms. The smallest absolute Gasteiger partial charge is 0.135 e. The molecule has 0 amide bonds. The van der Waals surface area contributed by atoms with E-state index in [2.05, 4.69) is 20.6 Å². The van der Waals surface area contributed by atoms with Gasteiger partial charge in [-0.05, 0) is 24.1 Å². The van der Waals surface area contributed by atoms with Crippen LogP contribution < -0.4 is 16.4 Å². The second-order valence-corrected chi connectivity index (χ2v) is 4.32. The molecule has 0 saturated heterocycles. The Morgan fingerprint density at radius 1 is 1.15 bits per heavy atom. The molecule has 1 aromatic carbocycles. The minimum Gasteiger partial charge on any atom is -0.396 e. The highest BCUT2D eigenvalue weighted by atomic mass is 16.3. The van der Waals surface area contributed by atoms with Crippen LogP contribution in [0, 0.1) is 0 Å². The highest BCUT2D eigenvalue weighted by molar-refractivity contribution is 5.59. The van der Waals surface area contributed by atoms with Crippen molar-refractivity contribution in [2.24, 2.45) is 5.73 Å². The Labute approximate surface area is 118 Å². The summed E-state index contributed by atoms with van der Waals surface area (Å²) in [7, 11) is 0. The van der Waals surface area contributed by atoms with E-state index in [1.54, 1.807) is 0 Å². The van der Waals surface area contributed by atoms with E-state index in [0.29, 0.717) is 25.3 Å². The summed E-state index contributed by atoms with van der Waals surface area (Å²) in [6.45, 7) is 1.35. The Morgan fingerprint density at radius 3 is 2.80 bits per heavy atom. The Balaban J connectivity index is 2.03. The van der Waals surface area contributed by atoms with E-state index in [4.69, 9.17) is 10.8 Å². The molecule has 6 heteroatoms. The predicted octanol–water partition coefficient (Wildman–Crippen LogP) is 1.47. The van der Waals surface area contributed by atoms with Gasteiger partial charge in [0.05, 0.1) is 0 Å². The van der Waals surface area contributed by atoms with Crippen molar-refractivity contribution in [3.05, 3.63) is 42.2 Å². The van der Waals surface area contributed by atoms with Gasteiger partial charge in [0.2, 0.25) is 0 Å². The van der Waals surface area contributed by atoms with Gasteiger partial charge in [-0.25, -0.2) is 9.97 Å². The molecule has 0 aliphatic rings. The molecule has 0 aliphatic heterocycles. The summed E-state index contributed by atoms with van der Waals surface area (Å²) in [4.78, 5) is 8.30. The maximum atomic E-state index is 8.75. The fourth-order valence-corrected chi connectivity index (χ4v) is 1.74. The summed E-state index contributed by atoms with van der Waals surface area (Å²) in [5, 5.41) is 15.1. The van der Waals surface area contributed by atoms with Gasteiger partial charge in [-0.2, -0.15) is 0 Å². The van der Waals surface area contributed by atoms with Gasteiger partial charge >= 0.3 is 0 Å². The lowest BCUT2D eigenvalue weighted by molar-refractivity contribution is 0.292. The van der Waals surface area contributed by atoms with Gasteiger partial charge in [0.1, 0.15) is 18.0 Å². The van der Waals surface area contributed by atoms with E-state index < -0.39 is 0 Å². The van der Waals surface area contributed by atoms with Crippen molar-refractivity contribution in [1.29, 1.82) is 0 Å². The maximum Gasteiger partial charge on any atom is 0.135 e. The molecular formula is C14H19N5O. The predicted molar refractivity (Wildman–Crippen MR) is 79.8 cm³/mol. The molecule has 5 N–H and O–H groups in total. The lowest BCUT2D eigenvalue weighted by atomic mass is 10.2. The van der Waals surface area contributed by atoms with Gasteiger partial charge in [-0.1, -0.05) is 12.1 Å². The Bertz CT molecular complexity index is 547. The quantitative estimate of drug-likeness (QED) is 0.571. The van der Waals surface area contributed by atoms with Gasteiger partial charge < -0.3 is 21.5 Å². The van der Waals surface area contributed by atoms with Crippen LogP contribution in [0.5, 0.6) is 0 Å². The minimum absolute atomic E-state index is 0.162. The molecule has 106 valence electrons. The number of anilines is 3. The first kappa shape index (κ1) is 14.2. The molecular weight excluding hydrogens is 254 g/mol. The average Bonchev–Trinajstić information content (AvgIpc) is 2.48. The number of hydrogen-bond donors (Lipinski definition) is 4. The topological polar surface area (TPSA) is 96.1 Å². The molecule has 0 unspecified atom stereocenters. The van der Waals surface area contributed by atoms with Crippen LogP contribution in [0.25, 0.3) is 0 Å². The molecule has 0 fully saturated rings. The van der Waals surface area contributed by atoms with Crippen molar-refractivity contribution < 1.29 is 5.11 Å². The number of rotatable bonds is 7. The highest BCUT2D eigenvalue weighted by Gasteiger charge is 2.00. The van der Waals surface area contributed by atoms with Gasteiger partial charge in [0.25, 0.3) is 0 Å². The molecule has 0 saturated carbocycles. The Morgan fingerprint density at radius 2 is 2.00 bits per heavy atom. The third-order valence-corrected chi connectivity index (χ3v) is 2.74. The maximum absolute atomic E-state index is 8.75. The fourth-order valence-electron chi connectivity index (χ4n) is 1.74. The normalized spacial score (nSPS) is 10.3. The molecule has 6 nitrogen and oxygen atoms in total. The van der Waals surface area contributed by atoms with E-state index in [9.17, 15) is 0 Å². The number of nitrogens with two attached hydrogens (primary N) is 1.